The van der Waals surface area contributed by atoms with Gasteiger partial charge in [-0.05, 0) is 35.4 Å². The summed E-state index contributed by atoms with van der Waals surface area (Å²) in [5.41, 5.74) is 1.68. The Kier molecular flexibility index (Phi) is 6.20. The van der Waals surface area contributed by atoms with Crippen LogP contribution < -0.4 is 4.74 Å². The van der Waals surface area contributed by atoms with Gasteiger partial charge in [-0.25, -0.2) is 4.39 Å². The van der Waals surface area contributed by atoms with E-state index in [2.05, 4.69) is 0 Å². The van der Waals surface area contributed by atoms with Crippen molar-refractivity contribution in [2.24, 2.45) is 0 Å². The van der Waals surface area contributed by atoms with E-state index >= 15 is 0 Å². The summed E-state index contributed by atoms with van der Waals surface area (Å²) < 4.78 is 29.6. The minimum Gasteiger partial charge on any atom is -0.497 e. The topological polar surface area (TPSA) is 48.0 Å². The lowest BCUT2D eigenvalue weighted by Gasteiger charge is -2.29. The van der Waals surface area contributed by atoms with E-state index < -0.39 is 6.10 Å². The standard InChI is InChI=1S/C20H22FNO4/c1-24-18-7-5-15(6-8-18)12-22(13-16-3-2-4-17(21)11-16)20(23)19-14-25-9-10-26-19/h2-8,11,19H,9-10,12-14H2,1H3/t19-/m1/s1. The average Bonchev–Trinajstić information content (AvgIpc) is 2.68. The lowest BCUT2D eigenvalue weighted by atomic mass is 10.1. The molecule has 0 N–H and O–H groups in total. The van der Waals surface area contributed by atoms with Crippen molar-refractivity contribution in [1.29, 1.82) is 0 Å². The molecule has 1 amide bonds. The second-order valence-corrected chi connectivity index (χ2v) is 6.11. The summed E-state index contributed by atoms with van der Waals surface area (Å²) in [6.45, 7) is 1.81. The second-order valence-electron chi connectivity index (χ2n) is 6.11. The van der Waals surface area contributed by atoms with E-state index in [1.165, 1.54) is 12.1 Å². The first-order chi connectivity index (χ1) is 12.7. The van der Waals surface area contributed by atoms with Gasteiger partial charge in [0.1, 0.15) is 11.6 Å². The smallest absolute Gasteiger partial charge is 0.254 e. The summed E-state index contributed by atoms with van der Waals surface area (Å²) in [6.07, 6.45) is -0.629. The van der Waals surface area contributed by atoms with E-state index in [0.29, 0.717) is 26.3 Å². The Labute approximate surface area is 152 Å². The predicted molar refractivity (Wildman–Crippen MR) is 94.2 cm³/mol. The zero-order valence-corrected chi connectivity index (χ0v) is 14.7. The maximum atomic E-state index is 13.5. The molecule has 0 aliphatic carbocycles. The lowest BCUT2D eigenvalue weighted by Crippen LogP contribution is -2.44. The maximum absolute atomic E-state index is 13.5. The third-order valence-electron chi connectivity index (χ3n) is 4.20. The highest BCUT2D eigenvalue weighted by molar-refractivity contribution is 5.81. The number of halogens is 1. The number of ether oxygens (including phenoxy) is 3. The number of rotatable bonds is 6. The zero-order chi connectivity index (χ0) is 18.4. The molecular weight excluding hydrogens is 337 g/mol. The molecule has 0 radical (unpaired) electrons. The van der Waals surface area contributed by atoms with Gasteiger partial charge in [-0.3, -0.25) is 4.79 Å². The molecular formula is C20H22FNO4. The van der Waals surface area contributed by atoms with Gasteiger partial charge in [-0.1, -0.05) is 24.3 Å². The summed E-state index contributed by atoms with van der Waals surface area (Å²) in [5, 5.41) is 0. The fraction of sp³-hybridized carbons (Fsp3) is 0.350. The first-order valence-electron chi connectivity index (χ1n) is 8.51. The highest BCUT2D eigenvalue weighted by Gasteiger charge is 2.28. The van der Waals surface area contributed by atoms with E-state index in [9.17, 15) is 9.18 Å². The van der Waals surface area contributed by atoms with Crippen molar-refractivity contribution in [2.45, 2.75) is 19.2 Å². The molecule has 1 heterocycles. The first kappa shape index (κ1) is 18.4. The molecule has 138 valence electrons. The summed E-state index contributed by atoms with van der Waals surface area (Å²) in [7, 11) is 1.61. The van der Waals surface area contributed by atoms with Gasteiger partial charge in [-0.15, -0.1) is 0 Å². The van der Waals surface area contributed by atoms with Crippen LogP contribution in [-0.4, -0.2) is 43.8 Å². The molecule has 2 aromatic carbocycles. The van der Waals surface area contributed by atoms with Gasteiger partial charge < -0.3 is 19.1 Å². The molecule has 1 fully saturated rings. The van der Waals surface area contributed by atoms with Crippen LogP contribution in [0.3, 0.4) is 0 Å². The van der Waals surface area contributed by atoms with Crippen LogP contribution in [0.25, 0.3) is 0 Å². The van der Waals surface area contributed by atoms with Crippen LogP contribution in [0.1, 0.15) is 11.1 Å². The zero-order valence-electron chi connectivity index (χ0n) is 14.7. The fourth-order valence-electron chi connectivity index (χ4n) is 2.85. The molecule has 1 saturated heterocycles. The van der Waals surface area contributed by atoms with Crippen molar-refractivity contribution in [2.75, 3.05) is 26.9 Å². The number of amides is 1. The minimum absolute atomic E-state index is 0.162. The lowest BCUT2D eigenvalue weighted by molar-refractivity contribution is -0.159. The van der Waals surface area contributed by atoms with Gasteiger partial charge in [0.15, 0.2) is 6.10 Å². The summed E-state index contributed by atoms with van der Waals surface area (Å²) in [5.74, 6) is 0.266. The Balaban J connectivity index is 1.78. The van der Waals surface area contributed by atoms with Crippen molar-refractivity contribution in [3.8, 4) is 5.75 Å². The Hall–Kier alpha value is -2.44. The molecule has 1 aliphatic heterocycles. The largest absolute Gasteiger partial charge is 0.497 e. The third kappa shape index (κ3) is 4.80. The highest BCUT2D eigenvalue weighted by atomic mass is 19.1. The molecule has 6 heteroatoms. The van der Waals surface area contributed by atoms with E-state index in [-0.39, 0.29) is 18.3 Å². The van der Waals surface area contributed by atoms with E-state index in [0.717, 1.165) is 16.9 Å². The summed E-state index contributed by atoms with van der Waals surface area (Å²) in [6, 6.07) is 13.8. The molecule has 2 aromatic rings. The number of hydrogen-bond acceptors (Lipinski definition) is 4. The van der Waals surface area contributed by atoms with Gasteiger partial charge in [0, 0.05) is 13.1 Å². The molecule has 1 atom stereocenters. The van der Waals surface area contributed by atoms with Gasteiger partial charge in [0.25, 0.3) is 5.91 Å². The fourth-order valence-corrected chi connectivity index (χ4v) is 2.85. The molecule has 1 aliphatic rings. The van der Waals surface area contributed by atoms with Crippen LogP contribution in [0.2, 0.25) is 0 Å². The molecule has 0 aromatic heterocycles. The molecule has 5 nitrogen and oxygen atoms in total. The number of benzene rings is 2. The number of methoxy groups -OCH3 is 1. The molecule has 0 unspecified atom stereocenters. The summed E-state index contributed by atoms with van der Waals surface area (Å²) in [4.78, 5) is 14.6. The molecule has 0 bridgehead atoms. The SMILES string of the molecule is COc1ccc(CN(Cc2cccc(F)c2)C(=O)[C@H]2COCCO2)cc1. The van der Waals surface area contributed by atoms with Crippen molar-refractivity contribution in [3.63, 3.8) is 0 Å². The van der Waals surface area contributed by atoms with Gasteiger partial charge >= 0.3 is 0 Å². The van der Waals surface area contributed by atoms with E-state index in [1.54, 1.807) is 24.1 Å². The Bertz CT molecular complexity index is 729. The monoisotopic (exact) mass is 359 g/mol. The van der Waals surface area contributed by atoms with E-state index in [4.69, 9.17) is 14.2 Å². The Morgan fingerprint density at radius 2 is 1.92 bits per heavy atom. The number of carbonyl (C=O) groups excluding carboxylic acids is 1. The number of carbonyl (C=O) groups is 1. The number of nitrogens with zero attached hydrogens (tertiary/aromatic N) is 1. The van der Waals surface area contributed by atoms with Crippen LogP contribution in [0.15, 0.2) is 48.5 Å². The first-order valence-corrected chi connectivity index (χ1v) is 8.51. The maximum Gasteiger partial charge on any atom is 0.254 e. The Morgan fingerprint density at radius 1 is 1.15 bits per heavy atom. The van der Waals surface area contributed by atoms with Crippen molar-refractivity contribution in [3.05, 3.63) is 65.5 Å². The van der Waals surface area contributed by atoms with Crippen molar-refractivity contribution >= 4 is 5.91 Å². The van der Waals surface area contributed by atoms with Crippen LogP contribution in [-0.2, 0) is 27.4 Å². The Morgan fingerprint density at radius 3 is 2.58 bits per heavy atom. The van der Waals surface area contributed by atoms with Crippen LogP contribution in [0.4, 0.5) is 4.39 Å². The molecule has 26 heavy (non-hydrogen) atoms. The third-order valence-corrected chi connectivity index (χ3v) is 4.20. The van der Waals surface area contributed by atoms with Crippen molar-refractivity contribution < 1.29 is 23.4 Å². The van der Waals surface area contributed by atoms with Crippen molar-refractivity contribution in [1.82, 2.24) is 4.90 Å². The van der Waals surface area contributed by atoms with Gasteiger partial charge in [0.05, 0.1) is 26.9 Å². The highest BCUT2D eigenvalue weighted by Crippen LogP contribution is 2.17. The minimum atomic E-state index is -0.629. The second kappa shape index (κ2) is 8.78. The summed E-state index contributed by atoms with van der Waals surface area (Å²) >= 11 is 0. The van der Waals surface area contributed by atoms with Gasteiger partial charge in [0.2, 0.25) is 0 Å². The van der Waals surface area contributed by atoms with Crippen LogP contribution >= 0.6 is 0 Å². The predicted octanol–water partition coefficient (Wildman–Crippen LogP) is 2.78. The quantitative estimate of drug-likeness (QED) is 0.796. The van der Waals surface area contributed by atoms with Crippen LogP contribution in [0.5, 0.6) is 5.75 Å². The van der Waals surface area contributed by atoms with E-state index in [1.807, 2.05) is 24.3 Å². The molecule has 0 spiro atoms. The average molecular weight is 359 g/mol. The van der Waals surface area contributed by atoms with Crippen LogP contribution in [0, 0.1) is 5.82 Å². The number of hydrogen-bond donors (Lipinski definition) is 0. The molecule has 0 saturated carbocycles. The normalized spacial score (nSPS) is 16.9. The molecule has 3 rings (SSSR count). The van der Waals surface area contributed by atoms with Gasteiger partial charge in [-0.2, -0.15) is 0 Å².